The van der Waals surface area contributed by atoms with E-state index in [0.717, 1.165) is 17.9 Å². The Balaban J connectivity index is 1.56. The lowest BCUT2D eigenvalue weighted by Crippen LogP contribution is -2.48. The van der Waals surface area contributed by atoms with E-state index in [0.29, 0.717) is 19.2 Å². The van der Waals surface area contributed by atoms with E-state index in [-0.39, 0.29) is 18.1 Å². The molecular formula is C15H21N3O3. The molecule has 0 saturated carbocycles. The third-order valence-electron chi connectivity index (χ3n) is 3.81. The Morgan fingerprint density at radius 3 is 2.81 bits per heavy atom. The second kappa shape index (κ2) is 5.91. The number of carbonyl (C=O) groups is 1. The third kappa shape index (κ3) is 3.11. The van der Waals surface area contributed by atoms with Crippen molar-refractivity contribution in [3.63, 3.8) is 0 Å². The number of likely N-dealkylation sites (N-methyl/N-ethyl adjacent to an activating group) is 1. The molecule has 1 saturated heterocycles. The van der Waals surface area contributed by atoms with E-state index in [1.807, 2.05) is 24.3 Å². The summed E-state index contributed by atoms with van der Waals surface area (Å²) in [5.74, 6) is 1.58. The number of para-hydroxylation sites is 2. The highest BCUT2D eigenvalue weighted by molar-refractivity contribution is 5.82. The first-order chi connectivity index (χ1) is 10.1. The molecule has 2 N–H and O–H groups in total. The zero-order valence-electron chi connectivity index (χ0n) is 12.3. The molecule has 6 heteroatoms. The van der Waals surface area contributed by atoms with Gasteiger partial charge in [0, 0.05) is 13.1 Å². The highest BCUT2D eigenvalue weighted by Gasteiger charge is 2.31. The van der Waals surface area contributed by atoms with Crippen LogP contribution in [0.15, 0.2) is 24.3 Å². The van der Waals surface area contributed by atoms with Gasteiger partial charge in [-0.15, -0.1) is 0 Å². The number of amides is 1. The second-order valence-corrected chi connectivity index (χ2v) is 5.69. The van der Waals surface area contributed by atoms with Crippen LogP contribution >= 0.6 is 0 Å². The predicted octanol–water partition coefficient (Wildman–Crippen LogP) is 0.540. The number of hydrazine groups is 1. The summed E-state index contributed by atoms with van der Waals surface area (Å²) in [6, 6.07) is 7.74. The van der Waals surface area contributed by atoms with Gasteiger partial charge >= 0.3 is 0 Å². The van der Waals surface area contributed by atoms with E-state index in [4.69, 9.17) is 9.47 Å². The maximum absolute atomic E-state index is 12.3. The van der Waals surface area contributed by atoms with Crippen LogP contribution in [0.3, 0.4) is 0 Å². The van der Waals surface area contributed by atoms with Gasteiger partial charge in [0.2, 0.25) is 5.91 Å². The monoisotopic (exact) mass is 291 g/mol. The fourth-order valence-electron chi connectivity index (χ4n) is 2.69. The zero-order chi connectivity index (χ0) is 14.8. The van der Waals surface area contributed by atoms with Gasteiger partial charge in [0.1, 0.15) is 12.6 Å². The lowest BCUT2D eigenvalue weighted by atomic mass is 10.1. The third-order valence-corrected chi connectivity index (χ3v) is 3.81. The van der Waals surface area contributed by atoms with Crippen LogP contribution in [0.2, 0.25) is 0 Å². The molecule has 3 rings (SSSR count). The fourth-order valence-corrected chi connectivity index (χ4v) is 2.69. The van der Waals surface area contributed by atoms with Crippen LogP contribution in [0.5, 0.6) is 11.5 Å². The van der Waals surface area contributed by atoms with Gasteiger partial charge in [0.15, 0.2) is 17.6 Å². The number of rotatable bonds is 3. The first-order valence-corrected chi connectivity index (χ1v) is 7.28. The van der Waals surface area contributed by atoms with Gasteiger partial charge in [-0.05, 0) is 25.5 Å². The van der Waals surface area contributed by atoms with Crippen molar-refractivity contribution in [3.05, 3.63) is 24.3 Å². The molecule has 0 aliphatic carbocycles. The van der Waals surface area contributed by atoms with E-state index < -0.39 is 0 Å². The van der Waals surface area contributed by atoms with Crippen LogP contribution in [0.4, 0.5) is 0 Å². The quantitative estimate of drug-likeness (QED) is 0.851. The molecule has 6 nitrogen and oxygen atoms in total. The average Bonchev–Trinajstić information content (AvgIpc) is 2.93. The van der Waals surface area contributed by atoms with Gasteiger partial charge in [0.25, 0.3) is 0 Å². The topological polar surface area (TPSA) is 62.8 Å². The van der Waals surface area contributed by atoms with Crippen LogP contribution in [-0.4, -0.2) is 49.2 Å². The standard InChI is InChI=1S/C15H21N3O3/c1-10-7-12(17-16-10)15(19)18(2)8-11-9-20-13-5-3-4-6-14(13)21-11/h3-6,10-12,16-17H,7-9H2,1-2H3. The van der Waals surface area contributed by atoms with E-state index in [9.17, 15) is 4.79 Å². The second-order valence-electron chi connectivity index (χ2n) is 5.69. The molecule has 114 valence electrons. The molecule has 1 fully saturated rings. The fraction of sp³-hybridized carbons (Fsp3) is 0.533. The Morgan fingerprint density at radius 1 is 1.33 bits per heavy atom. The minimum Gasteiger partial charge on any atom is -0.486 e. The summed E-state index contributed by atoms with van der Waals surface area (Å²) in [6.45, 7) is 3.02. The number of ether oxygens (including phenoxy) is 2. The summed E-state index contributed by atoms with van der Waals surface area (Å²) >= 11 is 0. The first kappa shape index (κ1) is 14.2. The van der Waals surface area contributed by atoms with Crippen molar-refractivity contribution < 1.29 is 14.3 Å². The van der Waals surface area contributed by atoms with E-state index in [1.165, 1.54) is 0 Å². The Morgan fingerprint density at radius 2 is 2.10 bits per heavy atom. The van der Waals surface area contributed by atoms with Crippen molar-refractivity contribution in [2.24, 2.45) is 0 Å². The lowest BCUT2D eigenvalue weighted by Gasteiger charge is -2.30. The maximum Gasteiger partial charge on any atom is 0.240 e. The summed E-state index contributed by atoms with van der Waals surface area (Å²) < 4.78 is 11.5. The number of fused-ring (bicyclic) bond motifs is 1. The summed E-state index contributed by atoms with van der Waals surface area (Å²) in [5.41, 5.74) is 6.10. The number of nitrogens with zero attached hydrogens (tertiary/aromatic N) is 1. The number of nitrogens with one attached hydrogen (secondary N) is 2. The molecule has 2 aliphatic rings. The predicted molar refractivity (Wildman–Crippen MR) is 78.1 cm³/mol. The van der Waals surface area contributed by atoms with Crippen molar-refractivity contribution in [1.29, 1.82) is 0 Å². The SMILES string of the molecule is CC1CC(C(=O)N(C)CC2COc3ccccc3O2)NN1. The minimum absolute atomic E-state index is 0.0781. The van der Waals surface area contributed by atoms with Gasteiger partial charge in [-0.3, -0.25) is 10.2 Å². The molecule has 3 unspecified atom stereocenters. The van der Waals surface area contributed by atoms with Crippen molar-refractivity contribution in [1.82, 2.24) is 15.8 Å². The highest BCUT2D eigenvalue weighted by Crippen LogP contribution is 2.30. The smallest absolute Gasteiger partial charge is 0.240 e. The van der Waals surface area contributed by atoms with E-state index >= 15 is 0 Å². The van der Waals surface area contributed by atoms with Gasteiger partial charge in [-0.1, -0.05) is 12.1 Å². The van der Waals surface area contributed by atoms with Crippen LogP contribution in [0.1, 0.15) is 13.3 Å². The van der Waals surface area contributed by atoms with Crippen LogP contribution in [-0.2, 0) is 4.79 Å². The highest BCUT2D eigenvalue weighted by atomic mass is 16.6. The maximum atomic E-state index is 12.3. The normalized spacial score (nSPS) is 27.4. The molecule has 0 aromatic heterocycles. The summed E-state index contributed by atoms with van der Waals surface area (Å²) in [4.78, 5) is 14.0. The molecule has 2 heterocycles. The summed E-state index contributed by atoms with van der Waals surface area (Å²) in [6.07, 6.45) is 0.661. The zero-order valence-corrected chi connectivity index (χ0v) is 12.3. The number of hydrogen-bond acceptors (Lipinski definition) is 5. The Kier molecular flexibility index (Phi) is 3.98. The number of carbonyl (C=O) groups excluding carboxylic acids is 1. The van der Waals surface area contributed by atoms with Crippen molar-refractivity contribution in [3.8, 4) is 11.5 Å². The Bertz CT molecular complexity index is 523. The molecule has 0 radical (unpaired) electrons. The minimum atomic E-state index is -0.165. The molecule has 1 amide bonds. The van der Waals surface area contributed by atoms with Gasteiger partial charge in [0.05, 0.1) is 6.54 Å². The Hall–Kier alpha value is -1.79. The molecule has 0 spiro atoms. The number of hydrogen-bond donors (Lipinski definition) is 2. The van der Waals surface area contributed by atoms with Crippen molar-refractivity contribution in [2.45, 2.75) is 31.5 Å². The van der Waals surface area contributed by atoms with Gasteiger partial charge in [-0.25, -0.2) is 5.43 Å². The molecule has 1 aromatic rings. The largest absolute Gasteiger partial charge is 0.486 e. The van der Waals surface area contributed by atoms with Crippen LogP contribution < -0.4 is 20.3 Å². The molecule has 21 heavy (non-hydrogen) atoms. The van der Waals surface area contributed by atoms with Gasteiger partial charge < -0.3 is 14.4 Å². The molecule has 3 atom stereocenters. The van der Waals surface area contributed by atoms with Crippen LogP contribution in [0.25, 0.3) is 0 Å². The van der Waals surface area contributed by atoms with Crippen LogP contribution in [0, 0.1) is 0 Å². The van der Waals surface area contributed by atoms with Crippen molar-refractivity contribution >= 4 is 5.91 Å². The van der Waals surface area contributed by atoms with Gasteiger partial charge in [-0.2, -0.15) is 0 Å². The summed E-state index contributed by atoms with van der Waals surface area (Å²) in [5, 5.41) is 0. The molecular weight excluding hydrogens is 270 g/mol. The Labute approximate surface area is 124 Å². The van der Waals surface area contributed by atoms with E-state index in [1.54, 1.807) is 11.9 Å². The lowest BCUT2D eigenvalue weighted by molar-refractivity contribution is -0.133. The number of benzene rings is 1. The molecule has 0 bridgehead atoms. The summed E-state index contributed by atoms with van der Waals surface area (Å²) in [7, 11) is 1.80. The first-order valence-electron chi connectivity index (χ1n) is 7.28. The van der Waals surface area contributed by atoms with Crippen molar-refractivity contribution in [2.75, 3.05) is 20.2 Å². The molecule has 1 aromatic carbocycles. The average molecular weight is 291 g/mol. The van der Waals surface area contributed by atoms with E-state index in [2.05, 4.69) is 17.8 Å². The molecule has 2 aliphatic heterocycles.